The Labute approximate surface area is 164 Å². The predicted molar refractivity (Wildman–Crippen MR) is 106 cm³/mol. The molecule has 0 radical (unpaired) electrons. The van der Waals surface area contributed by atoms with Gasteiger partial charge >= 0.3 is 5.97 Å². The highest BCUT2D eigenvalue weighted by Gasteiger charge is 2.12. The Kier molecular flexibility index (Phi) is 7.56. The summed E-state index contributed by atoms with van der Waals surface area (Å²) >= 11 is 0. The van der Waals surface area contributed by atoms with Crippen molar-refractivity contribution in [3.05, 3.63) is 54.1 Å². The molecular weight excluding hydrogens is 360 g/mol. The summed E-state index contributed by atoms with van der Waals surface area (Å²) in [6, 6.07) is 13.3. The number of ether oxygens (including phenoxy) is 2. The molecule has 0 bridgehead atoms. The molecule has 0 aliphatic rings. The smallest absolute Gasteiger partial charge is 0.338 e. The zero-order valence-electron chi connectivity index (χ0n) is 16.2. The number of anilines is 2. The van der Waals surface area contributed by atoms with Gasteiger partial charge in [0.05, 0.1) is 12.2 Å². The fourth-order valence-corrected chi connectivity index (χ4v) is 2.27. The molecule has 0 heterocycles. The van der Waals surface area contributed by atoms with Gasteiger partial charge in [-0.1, -0.05) is 26.0 Å². The minimum absolute atomic E-state index is 0.211. The highest BCUT2D eigenvalue weighted by atomic mass is 16.5. The molecule has 0 atom stereocenters. The maximum absolute atomic E-state index is 12.2. The first-order valence-electron chi connectivity index (χ1n) is 8.91. The van der Waals surface area contributed by atoms with Crippen LogP contribution in [-0.2, 0) is 14.3 Å². The fourth-order valence-electron chi connectivity index (χ4n) is 2.27. The van der Waals surface area contributed by atoms with Crippen LogP contribution in [-0.4, -0.2) is 31.0 Å². The summed E-state index contributed by atoms with van der Waals surface area (Å²) in [5.41, 5.74) is 1.35. The minimum atomic E-state index is -0.614. The summed E-state index contributed by atoms with van der Waals surface area (Å²) in [5, 5.41) is 5.24. The molecule has 0 saturated heterocycles. The van der Waals surface area contributed by atoms with Gasteiger partial charge < -0.3 is 20.1 Å². The van der Waals surface area contributed by atoms with Crippen molar-refractivity contribution >= 4 is 29.2 Å². The fraction of sp³-hybridized carbons (Fsp3) is 0.286. The Morgan fingerprint density at radius 1 is 0.964 bits per heavy atom. The third kappa shape index (κ3) is 7.11. The molecule has 2 aromatic carbocycles. The van der Waals surface area contributed by atoms with Crippen LogP contribution in [0.1, 0.15) is 31.1 Å². The van der Waals surface area contributed by atoms with Gasteiger partial charge in [-0.2, -0.15) is 0 Å². The van der Waals surface area contributed by atoms with E-state index in [0.29, 0.717) is 35.2 Å². The lowest BCUT2D eigenvalue weighted by atomic mass is 10.2. The van der Waals surface area contributed by atoms with E-state index >= 15 is 0 Å². The second kappa shape index (κ2) is 10.1. The van der Waals surface area contributed by atoms with Crippen LogP contribution in [0.2, 0.25) is 0 Å². The largest absolute Gasteiger partial charge is 0.493 e. The topological polar surface area (TPSA) is 93.7 Å². The predicted octanol–water partition coefficient (Wildman–Crippen LogP) is 3.48. The van der Waals surface area contributed by atoms with Crippen molar-refractivity contribution in [3.63, 3.8) is 0 Å². The molecule has 0 unspecified atom stereocenters. The van der Waals surface area contributed by atoms with E-state index in [1.54, 1.807) is 48.5 Å². The zero-order chi connectivity index (χ0) is 20.5. The van der Waals surface area contributed by atoms with Gasteiger partial charge in [0.15, 0.2) is 6.61 Å². The summed E-state index contributed by atoms with van der Waals surface area (Å²) in [6.45, 7) is 5.57. The lowest BCUT2D eigenvalue weighted by molar-refractivity contribution is -0.119. The molecule has 0 fully saturated rings. The van der Waals surface area contributed by atoms with Crippen LogP contribution in [0.15, 0.2) is 48.5 Å². The minimum Gasteiger partial charge on any atom is -0.493 e. The van der Waals surface area contributed by atoms with Crippen LogP contribution in [0.3, 0.4) is 0 Å². The second-order valence-electron chi connectivity index (χ2n) is 6.62. The molecule has 0 aromatic heterocycles. The number of rotatable bonds is 8. The summed E-state index contributed by atoms with van der Waals surface area (Å²) < 4.78 is 10.6. The molecule has 0 spiro atoms. The number of amides is 2. The lowest BCUT2D eigenvalue weighted by Crippen LogP contribution is -2.21. The number of hydrogen-bond acceptors (Lipinski definition) is 5. The Balaban J connectivity index is 1.88. The maximum Gasteiger partial charge on any atom is 0.338 e. The molecule has 7 nitrogen and oxygen atoms in total. The normalized spacial score (nSPS) is 10.3. The summed E-state index contributed by atoms with van der Waals surface area (Å²) in [4.78, 5) is 35.3. The third-order valence-electron chi connectivity index (χ3n) is 3.45. The average molecular weight is 384 g/mol. The molecule has 0 saturated carbocycles. The maximum atomic E-state index is 12.2. The van der Waals surface area contributed by atoms with Crippen molar-refractivity contribution in [2.45, 2.75) is 20.8 Å². The highest BCUT2D eigenvalue weighted by molar-refractivity contribution is 5.96. The molecule has 2 amide bonds. The highest BCUT2D eigenvalue weighted by Crippen LogP contribution is 2.16. The van der Waals surface area contributed by atoms with Crippen molar-refractivity contribution in [1.29, 1.82) is 0 Å². The van der Waals surface area contributed by atoms with Crippen LogP contribution in [0.4, 0.5) is 11.4 Å². The van der Waals surface area contributed by atoms with E-state index in [4.69, 9.17) is 9.47 Å². The van der Waals surface area contributed by atoms with Gasteiger partial charge in [0.25, 0.3) is 5.91 Å². The number of carbonyl (C=O) groups excluding carboxylic acids is 3. The van der Waals surface area contributed by atoms with Crippen molar-refractivity contribution in [2.24, 2.45) is 5.92 Å². The van der Waals surface area contributed by atoms with Gasteiger partial charge in [0.1, 0.15) is 5.75 Å². The van der Waals surface area contributed by atoms with Crippen molar-refractivity contribution in [1.82, 2.24) is 0 Å². The van der Waals surface area contributed by atoms with Crippen molar-refractivity contribution in [3.8, 4) is 5.75 Å². The van der Waals surface area contributed by atoms with Crippen LogP contribution < -0.4 is 15.4 Å². The molecular formula is C21H24N2O5. The molecule has 148 valence electrons. The number of esters is 1. The molecule has 0 aliphatic carbocycles. The van der Waals surface area contributed by atoms with Crippen LogP contribution in [0, 0.1) is 5.92 Å². The quantitative estimate of drug-likeness (QED) is 0.680. The van der Waals surface area contributed by atoms with Gasteiger partial charge in [-0.15, -0.1) is 0 Å². The van der Waals surface area contributed by atoms with E-state index < -0.39 is 18.5 Å². The SMILES string of the molecule is CC(=O)Nc1cccc(NC(=O)COC(=O)c2cccc(OCC(C)C)c2)c1. The first kappa shape index (κ1) is 21.0. The van der Waals surface area contributed by atoms with Gasteiger partial charge in [0, 0.05) is 18.3 Å². The standard InChI is InChI=1S/C21H24N2O5/c1-14(2)12-27-19-9-4-6-16(10-19)21(26)28-13-20(25)23-18-8-5-7-17(11-18)22-15(3)24/h4-11,14H,12-13H2,1-3H3,(H,22,24)(H,23,25). The third-order valence-corrected chi connectivity index (χ3v) is 3.45. The number of hydrogen-bond donors (Lipinski definition) is 2. The van der Waals surface area contributed by atoms with Gasteiger partial charge in [-0.25, -0.2) is 4.79 Å². The lowest BCUT2D eigenvalue weighted by Gasteiger charge is -2.10. The van der Waals surface area contributed by atoms with E-state index in [1.165, 1.54) is 6.92 Å². The van der Waals surface area contributed by atoms with Crippen LogP contribution >= 0.6 is 0 Å². The molecule has 7 heteroatoms. The molecule has 2 rings (SSSR count). The Morgan fingerprint density at radius 2 is 1.64 bits per heavy atom. The van der Waals surface area contributed by atoms with Crippen molar-refractivity contribution in [2.75, 3.05) is 23.8 Å². The summed E-state index contributed by atoms with van der Waals surface area (Å²) in [5.74, 6) is -0.375. The monoisotopic (exact) mass is 384 g/mol. The number of benzene rings is 2. The van der Waals surface area contributed by atoms with Crippen molar-refractivity contribution < 1.29 is 23.9 Å². The van der Waals surface area contributed by atoms with Gasteiger partial charge in [0.2, 0.25) is 5.91 Å². The van der Waals surface area contributed by atoms with E-state index in [2.05, 4.69) is 10.6 Å². The van der Waals surface area contributed by atoms with E-state index in [1.807, 2.05) is 13.8 Å². The Bertz CT molecular complexity index is 848. The number of nitrogens with one attached hydrogen (secondary N) is 2. The molecule has 28 heavy (non-hydrogen) atoms. The van der Waals surface area contributed by atoms with Gasteiger partial charge in [-0.05, 0) is 42.3 Å². The Hall–Kier alpha value is -3.35. The van der Waals surface area contributed by atoms with E-state index in [0.717, 1.165) is 0 Å². The molecule has 0 aliphatic heterocycles. The average Bonchev–Trinajstić information content (AvgIpc) is 2.64. The summed E-state index contributed by atoms with van der Waals surface area (Å²) in [7, 11) is 0. The molecule has 2 aromatic rings. The Morgan fingerprint density at radius 3 is 2.32 bits per heavy atom. The van der Waals surface area contributed by atoms with E-state index in [-0.39, 0.29) is 5.91 Å². The van der Waals surface area contributed by atoms with Gasteiger partial charge in [-0.3, -0.25) is 9.59 Å². The van der Waals surface area contributed by atoms with Crippen LogP contribution in [0.5, 0.6) is 5.75 Å². The molecule has 2 N–H and O–H groups in total. The zero-order valence-corrected chi connectivity index (χ0v) is 16.2. The first-order valence-corrected chi connectivity index (χ1v) is 8.91. The second-order valence-corrected chi connectivity index (χ2v) is 6.62. The number of carbonyl (C=O) groups is 3. The van der Waals surface area contributed by atoms with E-state index in [9.17, 15) is 14.4 Å². The van der Waals surface area contributed by atoms with Crippen LogP contribution in [0.25, 0.3) is 0 Å². The summed E-state index contributed by atoms with van der Waals surface area (Å²) in [6.07, 6.45) is 0. The first-order chi connectivity index (χ1) is 13.3.